The van der Waals surface area contributed by atoms with Crippen LogP contribution in [-0.2, 0) is 4.79 Å². The second-order valence-electron chi connectivity index (χ2n) is 3.86. The summed E-state index contributed by atoms with van der Waals surface area (Å²) in [5.74, 6) is -0.929. The number of hydrogen-bond acceptors (Lipinski definition) is 3. The van der Waals surface area contributed by atoms with Gasteiger partial charge in [0, 0.05) is 6.20 Å². The van der Waals surface area contributed by atoms with Crippen molar-refractivity contribution in [2.24, 2.45) is 5.73 Å². The molecule has 1 aromatic rings. The minimum Gasteiger partial charge on any atom is -0.368 e. The molecule has 1 aromatic heterocycles. The zero-order valence-electron chi connectivity index (χ0n) is 10.1. The number of nitrogens with zero attached hydrogens (tertiary/aromatic N) is 1. The van der Waals surface area contributed by atoms with Crippen LogP contribution in [0.2, 0.25) is 0 Å². The lowest BCUT2D eigenvalue weighted by Crippen LogP contribution is -2.44. The van der Waals surface area contributed by atoms with Crippen LogP contribution in [0.5, 0.6) is 0 Å². The monoisotopic (exact) mass is 247 g/mol. The number of carbonyl (C=O) groups excluding carboxylic acids is 2. The van der Waals surface area contributed by atoms with Crippen molar-refractivity contribution in [2.45, 2.75) is 25.3 Å². The number of hydrogen-bond donors (Lipinski definition) is 2. The van der Waals surface area contributed by atoms with Crippen LogP contribution in [0.3, 0.4) is 0 Å². The molecule has 0 aliphatic carbocycles. The van der Waals surface area contributed by atoms with Gasteiger partial charge in [-0.3, -0.25) is 14.6 Å². The molecule has 0 fully saturated rings. The lowest BCUT2D eigenvalue weighted by atomic mass is 10.1. The molecule has 96 valence electrons. The number of aromatic nitrogens is 1. The van der Waals surface area contributed by atoms with Crippen molar-refractivity contribution in [3.05, 3.63) is 42.7 Å². The van der Waals surface area contributed by atoms with Crippen molar-refractivity contribution >= 4 is 11.8 Å². The van der Waals surface area contributed by atoms with E-state index in [2.05, 4.69) is 16.9 Å². The third kappa shape index (κ3) is 4.37. The van der Waals surface area contributed by atoms with Crippen molar-refractivity contribution in [1.82, 2.24) is 10.3 Å². The molecule has 5 heteroatoms. The molecule has 0 aliphatic rings. The third-order valence-corrected chi connectivity index (χ3v) is 2.45. The van der Waals surface area contributed by atoms with E-state index in [-0.39, 0.29) is 5.69 Å². The fourth-order valence-electron chi connectivity index (χ4n) is 1.48. The SMILES string of the molecule is C=CCCC[C@@H](NC(=O)c1ccccn1)C(N)=O. The molecule has 0 bridgehead atoms. The largest absolute Gasteiger partial charge is 0.368 e. The van der Waals surface area contributed by atoms with E-state index in [0.717, 1.165) is 12.8 Å². The Balaban J connectivity index is 2.58. The maximum absolute atomic E-state index is 11.8. The zero-order valence-corrected chi connectivity index (χ0v) is 10.1. The predicted octanol–water partition coefficient (Wildman–Crippen LogP) is 1.02. The highest BCUT2D eigenvalue weighted by Crippen LogP contribution is 2.03. The van der Waals surface area contributed by atoms with Crippen LogP contribution in [0.4, 0.5) is 0 Å². The van der Waals surface area contributed by atoms with Gasteiger partial charge < -0.3 is 11.1 Å². The summed E-state index contributed by atoms with van der Waals surface area (Å²) in [6.45, 7) is 3.60. The lowest BCUT2D eigenvalue weighted by Gasteiger charge is -2.14. The summed E-state index contributed by atoms with van der Waals surface area (Å²) >= 11 is 0. The van der Waals surface area contributed by atoms with Crippen molar-refractivity contribution < 1.29 is 9.59 Å². The summed E-state index contributed by atoms with van der Waals surface area (Å²) in [6, 6.07) is 4.34. The molecule has 18 heavy (non-hydrogen) atoms. The van der Waals surface area contributed by atoms with E-state index in [9.17, 15) is 9.59 Å². The van der Waals surface area contributed by atoms with Crippen LogP contribution in [0.25, 0.3) is 0 Å². The summed E-state index contributed by atoms with van der Waals surface area (Å²) < 4.78 is 0. The van der Waals surface area contributed by atoms with Crippen LogP contribution in [0.15, 0.2) is 37.1 Å². The van der Waals surface area contributed by atoms with Gasteiger partial charge in [0.15, 0.2) is 0 Å². The van der Waals surface area contributed by atoms with Crippen LogP contribution in [0.1, 0.15) is 29.8 Å². The van der Waals surface area contributed by atoms with Crippen LogP contribution in [0, 0.1) is 0 Å². The van der Waals surface area contributed by atoms with Crippen molar-refractivity contribution in [3.63, 3.8) is 0 Å². The minimum absolute atomic E-state index is 0.271. The van der Waals surface area contributed by atoms with Crippen LogP contribution in [-0.4, -0.2) is 22.8 Å². The molecule has 0 radical (unpaired) electrons. The normalized spacial score (nSPS) is 11.6. The smallest absolute Gasteiger partial charge is 0.270 e. The van der Waals surface area contributed by atoms with E-state index < -0.39 is 17.9 Å². The number of unbranched alkanes of at least 4 members (excludes halogenated alkanes) is 1. The van der Waals surface area contributed by atoms with Gasteiger partial charge in [-0.25, -0.2) is 0 Å². The first kappa shape index (κ1) is 13.9. The summed E-state index contributed by atoms with van der Waals surface area (Å²) in [5.41, 5.74) is 5.52. The number of carbonyl (C=O) groups is 2. The van der Waals surface area contributed by atoms with E-state index in [1.807, 2.05) is 0 Å². The number of allylic oxidation sites excluding steroid dienone is 1. The Morgan fingerprint density at radius 3 is 2.83 bits per heavy atom. The first-order chi connectivity index (χ1) is 8.65. The minimum atomic E-state index is -0.667. The van der Waals surface area contributed by atoms with Gasteiger partial charge in [0.25, 0.3) is 5.91 Å². The number of amides is 2. The molecular weight excluding hydrogens is 230 g/mol. The van der Waals surface area contributed by atoms with E-state index in [1.165, 1.54) is 6.20 Å². The first-order valence-electron chi connectivity index (χ1n) is 5.77. The summed E-state index contributed by atoms with van der Waals surface area (Å²) in [7, 11) is 0. The topological polar surface area (TPSA) is 85.1 Å². The second-order valence-corrected chi connectivity index (χ2v) is 3.86. The fourth-order valence-corrected chi connectivity index (χ4v) is 1.48. The molecule has 0 saturated heterocycles. The number of nitrogens with one attached hydrogen (secondary N) is 1. The lowest BCUT2D eigenvalue weighted by molar-refractivity contribution is -0.120. The fraction of sp³-hybridized carbons (Fsp3) is 0.308. The highest BCUT2D eigenvalue weighted by Gasteiger charge is 2.18. The number of rotatable bonds is 7. The van der Waals surface area contributed by atoms with E-state index >= 15 is 0 Å². The molecule has 1 rings (SSSR count). The Hall–Kier alpha value is -2.17. The maximum Gasteiger partial charge on any atom is 0.270 e. The Morgan fingerprint density at radius 1 is 1.50 bits per heavy atom. The standard InChI is InChI=1S/C13H17N3O2/c1-2-3-4-7-10(12(14)17)16-13(18)11-8-5-6-9-15-11/h2,5-6,8-10H,1,3-4,7H2,(H2,14,17)(H,16,18)/t10-/m1/s1. The molecule has 0 unspecified atom stereocenters. The number of pyridine rings is 1. The summed E-state index contributed by atoms with van der Waals surface area (Å²) in [6.07, 6.45) is 5.31. The average Bonchev–Trinajstić information content (AvgIpc) is 2.38. The van der Waals surface area contributed by atoms with Gasteiger partial charge in [0.1, 0.15) is 11.7 Å². The quantitative estimate of drug-likeness (QED) is 0.557. The molecule has 3 N–H and O–H groups in total. The number of nitrogens with two attached hydrogens (primary N) is 1. The van der Waals surface area contributed by atoms with E-state index in [1.54, 1.807) is 24.3 Å². The molecule has 0 aliphatic heterocycles. The van der Waals surface area contributed by atoms with Crippen LogP contribution < -0.4 is 11.1 Å². The van der Waals surface area contributed by atoms with Gasteiger partial charge in [-0.2, -0.15) is 0 Å². The summed E-state index contributed by atoms with van der Waals surface area (Å²) in [4.78, 5) is 26.9. The first-order valence-corrected chi connectivity index (χ1v) is 5.77. The average molecular weight is 247 g/mol. The molecule has 2 amide bonds. The van der Waals surface area contributed by atoms with Gasteiger partial charge in [-0.05, 0) is 31.4 Å². The highest BCUT2D eigenvalue weighted by atomic mass is 16.2. The molecule has 0 spiro atoms. The van der Waals surface area contributed by atoms with Gasteiger partial charge >= 0.3 is 0 Å². The van der Waals surface area contributed by atoms with Gasteiger partial charge in [0.2, 0.25) is 5.91 Å². The predicted molar refractivity (Wildman–Crippen MR) is 68.7 cm³/mol. The molecule has 5 nitrogen and oxygen atoms in total. The molecule has 0 saturated carbocycles. The van der Waals surface area contributed by atoms with Gasteiger partial charge in [-0.15, -0.1) is 6.58 Å². The van der Waals surface area contributed by atoms with Crippen molar-refractivity contribution in [1.29, 1.82) is 0 Å². The van der Waals surface area contributed by atoms with Crippen molar-refractivity contribution in [2.75, 3.05) is 0 Å². The van der Waals surface area contributed by atoms with Crippen molar-refractivity contribution in [3.8, 4) is 0 Å². The Kier molecular flexibility index (Phi) is 5.57. The van der Waals surface area contributed by atoms with E-state index in [4.69, 9.17) is 5.73 Å². The van der Waals surface area contributed by atoms with E-state index in [0.29, 0.717) is 6.42 Å². The molecular formula is C13H17N3O2. The zero-order chi connectivity index (χ0) is 13.4. The molecule has 1 atom stereocenters. The number of primary amides is 1. The second kappa shape index (κ2) is 7.21. The van der Waals surface area contributed by atoms with Gasteiger partial charge in [0.05, 0.1) is 0 Å². The Morgan fingerprint density at radius 2 is 2.28 bits per heavy atom. The maximum atomic E-state index is 11.8. The molecule has 0 aromatic carbocycles. The Bertz CT molecular complexity index is 418. The Labute approximate surface area is 106 Å². The highest BCUT2D eigenvalue weighted by molar-refractivity contribution is 5.95. The molecule has 1 heterocycles. The third-order valence-electron chi connectivity index (χ3n) is 2.45. The summed E-state index contributed by atoms with van der Waals surface area (Å²) in [5, 5.41) is 2.58. The van der Waals surface area contributed by atoms with Gasteiger partial charge in [-0.1, -0.05) is 12.1 Å². The van der Waals surface area contributed by atoms with Crippen LogP contribution >= 0.6 is 0 Å².